The highest BCUT2D eigenvalue weighted by atomic mass is 35.5. The molecule has 3 rings (SSSR count). The zero-order chi connectivity index (χ0) is 18.5. The maximum Gasteiger partial charge on any atom is 0.285 e. The van der Waals surface area contributed by atoms with Crippen molar-refractivity contribution in [1.29, 1.82) is 0 Å². The molecule has 0 aromatic heterocycles. The van der Waals surface area contributed by atoms with Gasteiger partial charge in [0.05, 0.1) is 21.4 Å². The highest BCUT2D eigenvalue weighted by molar-refractivity contribution is 8.41. The average Bonchev–Trinajstić information content (AvgIpc) is 2.96. The van der Waals surface area contributed by atoms with Crippen LogP contribution < -0.4 is 5.32 Å². The van der Waals surface area contributed by atoms with Gasteiger partial charge in [-0.05, 0) is 29.8 Å². The van der Waals surface area contributed by atoms with E-state index in [1.54, 1.807) is 24.3 Å². The van der Waals surface area contributed by atoms with Gasteiger partial charge in [-0.1, -0.05) is 77.1 Å². The minimum atomic E-state index is -0.289. The van der Waals surface area contributed by atoms with Gasteiger partial charge in [0, 0.05) is 5.02 Å². The molecule has 26 heavy (non-hydrogen) atoms. The minimum absolute atomic E-state index is 0.122. The number of nitrogens with zero attached hydrogens (tertiary/aromatic N) is 1. The normalized spacial score (nSPS) is 15.2. The summed E-state index contributed by atoms with van der Waals surface area (Å²) in [4.78, 5) is 28.6. The molecule has 0 saturated heterocycles. The number of halogens is 2. The molecule has 2 aromatic carbocycles. The first kappa shape index (κ1) is 19.0. The van der Waals surface area contributed by atoms with E-state index in [9.17, 15) is 9.59 Å². The smallest absolute Gasteiger partial charge is 0.285 e. The molecule has 0 fully saturated rings. The van der Waals surface area contributed by atoms with Gasteiger partial charge in [-0.3, -0.25) is 9.59 Å². The van der Waals surface area contributed by atoms with Crippen LogP contribution in [0.15, 0.2) is 58.4 Å². The predicted molar refractivity (Wildman–Crippen MR) is 112 cm³/mol. The largest absolute Gasteiger partial charge is 0.324 e. The number of aliphatic imine (C=N–C) groups is 1. The van der Waals surface area contributed by atoms with E-state index in [0.29, 0.717) is 25.0 Å². The Balaban J connectivity index is 1.55. The Labute approximate surface area is 169 Å². The quantitative estimate of drug-likeness (QED) is 0.675. The first-order valence-electron chi connectivity index (χ1n) is 7.46. The van der Waals surface area contributed by atoms with E-state index in [0.717, 1.165) is 5.56 Å². The molecule has 0 unspecified atom stereocenters. The van der Waals surface area contributed by atoms with E-state index in [1.165, 1.54) is 23.5 Å². The van der Waals surface area contributed by atoms with Crippen LogP contribution in [0.1, 0.15) is 5.56 Å². The molecule has 0 bridgehead atoms. The lowest BCUT2D eigenvalue weighted by Gasteiger charge is -2.07. The number of rotatable bonds is 4. The van der Waals surface area contributed by atoms with Crippen molar-refractivity contribution in [3.05, 3.63) is 69.0 Å². The third-order valence-electron chi connectivity index (χ3n) is 3.23. The lowest BCUT2D eigenvalue weighted by Crippen LogP contribution is -2.15. The van der Waals surface area contributed by atoms with Crippen LogP contribution >= 0.6 is 46.7 Å². The number of amides is 2. The summed E-state index contributed by atoms with van der Waals surface area (Å²) in [5.41, 5.74) is 1.42. The van der Waals surface area contributed by atoms with Gasteiger partial charge in [0.15, 0.2) is 0 Å². The standard InChI is InChI=1S/C18H12Cl2N2O2S2/c19-12-6-7-14(13(20)9-12)21-16(23)10-25-18-22-17(24)15(26-18)8-11-4-2-1-3-5-11/h1-9H,10H2,(H,21,23). The number of hydrogen-bond donors (Lipinski definition) is 1. The Morgan fingerprint density at radius 1 is 1.19 bits per heavy atom. The third kappa shape index (κ3) is 5.14. The van der Waals surface area contributed by atoms with Crippen molar-refractivity contribution in [2.75, 3.05) is 11.1 Å². The van der Waals surface area contributed by atoms with E-state index < -0.39 is 0 Å². The first-order chi connectivity index (χ1) is 12.5. The second kappa shape index (κ2) is 8.77. The van der Waals surface area contributed by atoms with Gasteiger partial charge in [-0.25, -0.2) is 0 Å². The number of hydrogen-bond acceptors (Lipinski definition) is 4. The molecule has 2 aromatic rings. The van der Waals surface area contributed by atoms with Crippen LogP contribution in [-0.2, 0) is 9.59 Å². The molecule has 1 heterocycles. The van der Waals surface area contributed by atoms with Crippen molar-refractivity contribution in [3.8, 4) is 0 Å². The lowest BCUT2D eigenvalue weighted by molar-refractivity contribution is -0.114. The maximum absolute atomic E-state index is 12.1. The van der Waals surface area contributed by atoms with Crippen LogP contribution in [0, 0.1) is 0 Å². The fraction of sp³-hybridized carbons (Fsp3) is 0.0556. The fourth-order valence-electron chi connectivity index (χ4n) is 2.06. The molecule has 0 radical (unpaired) electrons. The Kier molecular flexibility index (Phi) is 6.43. The Morgan fingerprint density at radius 2 is 1.96 bits per heavy atom. The van der Waals surface area contributed by atoms with Gasteiger partial charge in [0.25, 0.3) is 5.91 Å². The number of nitrogens with one attached hydrogen (secondary N) is 1. The highest BCUT2D eigenvalue weighted by Crippen LogP contribution is 2.34. The van der Waals surface area contributed by atoms with Crippen molar-refractivity contribution in [2.24, 2.45) is 4.99 Å². The summed E-state index contributed by atoms with van der Waals surface area (Å²) < 4.78 is 0.550. The number of anilines is 1. The monoisotopic (exact) mass is 422 g/mol. The van der Waals surface area contributed by atoms with Crippen molar-refractivity contribution in [3.63, 3.8) is 0 Å². The lowest BCUT2D eigenvalue weighted by atomic mass is 10.2. The van der Waals surface area contributed by atoms with Gasteiger partial charge in [0.1, 0.15) is 4.38 Å². The minimum Gasteiger partial charge on any atom is -0.324 e. The molecule has 1 aliphatic rings. The predicted octanol–water partition coefficient (Wildman–Crippen LogP) is 5.34. The summed E-state index contributed by atoms with van der Waals surface area (Å²) in [5, 5.41) is 3.57. The molecule has 8 heteroatoms. The van der Waals surface area contributed by atoms with Crippen LogP contribution in [0.2, 0.25) is 10.0 Å². The topological polar surface area (TPSA) is 58.5 Å². The van der Waals surface area contributed by atoms with Crippen LogP contribution in [-0.4, -0.2) is 21.9 Å². The van der Waals surface area contributed by atoms with E-state index in [-0.39, 0.29) is 17.6 Å². The van der Waals surface area contributed by atoms with Gasteiger partial charge in [-0.15, -0.1) is 0 Å². The average molecular weight is 423 g/mol. The molecule has 0 atom stereocenters. The zero-order valence-electron chi connectivity index (χ0n) is 13.2. The molecular formula is C18H12Cl2N2O2S2. The highest BCUT2D eigenvalue weighted by Gasteiger charge is 2.23. The second-order valence-corrected chi connectivity index (χ2v) is 8.26. The van der Waals surface area contributed by atoms with E-state index in [1.807, 2.05) is 30.3 Å². The molecule has 0 aliphatic carbocycles. The van der Waals surface area contributed by atoms with Crippen molar-refractivity contribution >= 4 is 74.7 Å². The molecule has 4 nitrogen and oxygen atoms in total. The van der Waals surface area contributed by atoms with E-state index >= 15 is 0 Å². The number of carbonyl (C=O) groups excluding carboxylic acids is 2. The van der Waals surface area contributed by atoms with E-state index in [2.05, 4.69) is 10.3 Å². The summed E-state index contributed by atoms with van der Waals surface area (Å²) in [7, 11) is 0. The maximum atomic E-state index is 12.1. The van der Waals surface area contributed by atoms with Crippen molar-refractivity contribution in [2.45, 2.75) is 0 Å². The summed E-state index contributed by atoms with van der Waals surface area (Å²) in [5.74, 6) is -0.408. The van der Waals surface area contributed by atoms with Gasteiger partial charge in [-0.2, -0.15) is 4.99 Å². The molecule has 0 saturated carbocycles. The summed E-state index contributed by atoms with van der Waals surface area (Å²) in [6, 6.07) is 14.4. The Hall–Kier alpha value is -1.73. The molecule has 1 aliphatic heterocycles. The van der Waals surface area contributed by atoms with Gasteiger partial charge >= 0.3 is 0 Å². The van der Waals surface area contributed by atoms with Crippen molar-refractivity contribution < 1.29 is 9.59 Å². The summed E-state index contributed by atoms with van der Waals surface area (Å²) in [6.07, 6.45) is 1.79. The van der Waals surface area contributed by atoms with Crippen molar-refractivity contribution in [1.82, 2.24) is 0 Å². The summed E-state index contributed by atoms with van der Waals surface area (Å²) >= 11 is 14.3. The van der Waals surface area contributed by atoms with E-state index in [4.69, 9.17) is 23.2 Å². The number of carbonyl (C=O) groups is 2. The molecule has 1 N–H and O–H groups in total. The van der Waals surface area contributed by atoms with Crippen LogP contribution in [0.25, 0.3) is 6.08 Å². The van der Waals surface area contributed by atoms with Gasteiger partial charge < -0.3 is 5.32 Å². The van der Waals surface area contributed by atoms with Crippen LogP contribution in [0.3, 0.4) is 0 Å². The zero-order valence-corrected chi connectivity index (χ0v) is 16.4. The molecular weight excluding hydrogens is 411 g/mol. The SMILES string of the molecule is O=C(CSC1=NC(=O)C(=Cc2ccccc2)S1)Nc1ccc(Cl)cc1Cl. The van der Waals surface area contributed by atoms with Gasteiger partial charge in [0.2, 0.25) is 5.91 Å². The Morgan fingerprint density at radius 3 is 2.69 bits per heavy atom. The number of benzene rings is 2. The van der Waals surface area contributed by atoms with Crippen LogP contribution in [0.4, 0.5) is 5.69 Å². The fourth-order valence-corrected chi connectivity index (χ4v) is 4.31. The first-order valence-corrected chi connectivity index (χ1v) is 10.0. The van der Waals surface area contributed by atoms with Crippen LogP contribution in [0.5, 0.6) is 0 Å². The Bertz CT molecular complexity index is 915. The number of thioether (sulfide) groups is 2. The molecule has 2 amide bonds. The molecule has 0 spiro atoms. The molecule has 132 valence electrons. The summed E-state index contributed by atoms with van der Waals surface area (Å²) in [6.45, 7) is 0. The third-order valence-corrected chi connectivity index (χ3v) is 5.90. The second-order valence-electron chi connectivity index (χ2n) is 5.17.